The number of hydrogen-bond donors (Lipinski definition) is 2. The van der Waals surface area contributed by atoms with Gasteiger partial charge in [0.05, 0.1) is 6.54 Å². The molecule has 0 spiro atoms. The summed E-state index contributed by atoms with van der Waals surface area (Å²) in [5, 5.41) is 18.3. The summed E-state index contributed by atoms with van der Waals surface area (Å²) in [5.41, 5.74) is 1.12. The molecule has 0 bridgehead atoms. The van der Waals surface area contributed by atoms with Gasteiger partial charge in [-0.15, -0.1) is 0 Å². The third-order valence-corrected chi connectivity index (χ3v) is 3.62. The number of hydrogen-bond acceptors (Lipinski definition) is 3. The number of nitrogens with zero attached hydrogens (tertiary/aromatic N) is 1. The molecule has 0 saturated heterocycles. The fraction of sp³-hybridized carbons (Fsp3) is 0.533. The quantitative estimate of drug-likeness (QED) is 0.791. The van der Waals surface area contributed by atoms with E-state index in [4.69, 9.17) is 5.11 Å². The molecule has 1 saturated carbocycles. The average Bonchev–Trinajstić information content (AvgIpc) is 3.14. The average molecular weight is 263 g/mol. The van der Waals surface area contributed by atoms with Crippen LogP contribution in [0.1, 0.15) is 25.3 Å². The molecule has 1 unspecified atom stereocenters. The maximum atomic E-state index is 10.9. The number of carbonyl (C=O) groups is 1. The molecule has 19 heavy (non-hydrogen) atoms. The largest absolute Gasteiger partial charge is 0.508 e. The van der Waals surface area contributed by atoms with E-state index in [2.05, 4.69) is 6.92 Å². The second kappa shape index (κ2) is 6.06. The molecule has 1 fully saturated rings. The molecule has 4 nitrogen and oxygen atoms in total. The first kappa shape index (κ1) is 13.9. The number of phenols is 1. The summed E-state index contributed by atoms with van der Waals surface area (Å²) in [4.78, 5) is 13.0. The van der Waals surface area contributed by atoms with Crippen LogP contribution in [0.3, 0.4) is 0 Å². The van der Waals surface area contributed by atoms with Crippen LogP contribution >= 0.6 is 0 Å². The minimum absolute atomic E-state index is 0.107. The molecule has 1 atom stereocenters. The van der Waals surface area contributed by atoms with Gasteiger partial charge in [-0.05, 0) is 49.8 Å². The molecule has 0 aromatic heterocycles. The molecule has 0 aliphatic heterocycles. The SMILES string of the molecule is CC(Cc1ccc(O)cc1)N(CC(=O)O)CC1CC1. The zero-order valence-electron chi connectivity index (χ0n) is 11.2. The third kappa shape index (κ3) is 4.56. The second-order valence-electron chi connectivity index (χ2n) is 5.49. The van der Waals surface area contributed by atoms with Crippen LogP contribution in [0.25, 0.3) is 0 Å². The topological polar surface area (TPSA) is 60.8 Å². The second-order valence-corrected chi connectivity index (χ2v) is 5.49. The fourth-order valence-electron chi connectivity index (χ4n) is 2.31. The van der Waals surface area contributed by atoms with Gasteiger partial charge in [-0.1, -0.05) is 12.1 Å². The number of carboxylic acids is 1. The van der Waals surface area contributed by atoms with Crippen molar-refractivity contribution in [2.75, 3.05) is 13.1 Å². The van der Waals surface area contributed by atoms with Gasteiger partial charge in [0.25, 0.3) is 0 Å². The van der Waals surface area contributed by atoms with E-state index in [1.807, 2.05) is 17.0 Å². The first-order valence-corrected chi connectivity index (χ1v) is 6.78. The Bertz CT molecular complexity index is 426. The minimum Gasteiger partial charge on any atom is -0.508 e. The molecule has 0 radical (unpaired) electrons. The number of rotatable bonds is 7. The molecule has 1 aliphatic carbocycles. The van der Waals surface area contributed by atoms with Crippen LogP contribution in [0.15, 0.2) is 24.3 Å². The molecule has 0 amide bonds. The van der Waals surface area contributed by atoms with Gasteiger partial charge in [0.1, 0.15) is 5.75 Å². The Morgan fingerprint density at radius 3 is 2.53 bits per heavy atom. The summed E-state index contributed by atoms with van der Waals surface area (Å²) >= 11 is 0. The van der Waals surface area contributed by atoms with E-state index in [0.717, 1.165) is 18.5 Å². The van der Waals surface area contributed by atoms with Crippen molar-refractivity contribution in [2.45, 2.75) is 32.2 Å². The van der Waals surface area contributed by atoms with Crippen molar-refractivity contribution in [3.8, 4) is 5.75 Å². The molecule has 1 aromatic carbocycles. The smallest absolute Gasteiger partial charge is 0.317 e. The number of aliphatic carboxylic acids is 1. The molecule has 2 rings (SSSR count). The Hall–Kier alpha value is -1.55. The van der Waals surface area contributed by atoms with Gasteiger partial charge >= 0.3 is 5.97 Å². The predicted molar refractivity (Wildman–Crippen MR) is 73.2 cm³/mol. The molecular weight excluding hydrogens is 242 g/mol. The standard InChI is InChI=1S/C15H21NO3/c1-11(8-12-4-6-14(17)7-5-12)16(10-15(18)19)9-13-2-3-13/h4-7,11,13,17H,2-3,8-10H2,1H3,(H,18,19). The summed E-state index contributed by atoms with van der Waals surface area (Å²) < 4.78 is 0. The highest BCUT2D eigenvalue weighted by Crippen LogP contribution is 2.30. The summed E-state index contributed by atoms with van der Waals surface area (Å²) in [6, 6.07) is 7.32. The zero-order chi connectivity index (χ0) is 13.8. The normalized spacial score (nSPS) is 16.5. The van der Waals surface area contributed by atoms with Crippen LogP contribution in [0.4, 0.5) is 0 Å². The third-order valence-electron chi connectivity index (χ3n) is 3.62. The zero-order valence-corrected chi connectivity index (χ0v) is 11.2. The first-order chi connectivity index (χ1) is 9.04. The maximum absolute atomic E-state index is 10.9. The Morgan fingerprint density at radius 2 is 2.00 bits per heavy atom. The highest BCUT2D eigenvalue weighted by molar-refractivity contribution is 5.69. The molecular formula is C15H21NO3. The van der Waals surface area contributed by atoms with Gasteiger partial charge in [0, 0.05) is 12.6 Å². The molecule has 0 heterocycles. The molecule has 2 N–H and O–H groups in total. The Kier molecular flexibility index (Phi) is 4.43. The Balaban J connectivity index is 1.94. The van der Waals surface area contributed by atoms with Crippen molar-refractivity contribution in [3.05, 3.63) is 29.8 Å². The van der Waals surface area contributed by atoms with Crippen LogP contribution in [0, 0.1) is 5.92 Å². The summed E-state index contributed by atoms with van der Waals surface area (Å²) in [6.45, 7) is 3.06. The van der Waals surface area contributed by atoms with Gasteiger partial charge in [0.2, 0.25) is 0 Å². The van der Waals surface area contributed by atoms with Crippen molar-refractivity contribution in [1.82, 2.24) is 4.90 Å². The fourth-order valence-corrected chi connectivity index (χ4v) is 2.31. The highest BCUT2D eigenvalue weighted by Gasteiger charge is 2.27. The van der Waals surface area contributed by atoms with Crippen molar-refractivity contribution in [1.29, 1.82) is 0 Å². The van der Waals surface area contributed by atoms with Gasteiger partial charge in [-0.3, -0.25) is 9.69 Å². The maximum Gasteiger partial charge on any atom is 0.317 e. The minimum atomic E-state index is -0.766. The van der Waals surface area contributed by atoms with E-state index in [-0.39, 0.29) is 18.3 Å². The van der Waals surface area contributed by atoms with Gasteiger partial charge in [0.15, 0.2) is 0 Å². The number of benzene rings is 1. The Labute approximate surface area is 113 Å². The van der Waals surface area contributed by atoms with Crippen molar-refractivity contribution in [2.24, 2.45) is 5.92 Å². The first-order valence-electron chi connectivity index (χ1n) is 6.78. The lowest BCUT2D eigenvalue weighted by atomic mass is 10.1. The van der Waals surface area contributed by atoms with Crippen LogP contribution in [0.5, 0.6) is 5.75 Å². The molecule has 1 aliphatic rings. The number of phenolic OH excluding ortho intramolecular Hbond substituents is 1. The van der Waals surface area contributed by atoms with Crippen LogP contribution in [-0.4, -0.2) is 40.2 Å². The molecule has 4 heteroatoms. The molecule has 1 aromatic rings. The lowest BCUT2D eigenvalue weighted by Crippen LogP contribution is -2.40. The highest BCUT2D eigenvalue weighted by atomic mass is 16.4. The lowest BCUT2D eigenvalue weighted by molar-refractivity contribution is -0.138. The van der Waals surface area contributed by atoms with Gasteiger partial charge < -0.3 is 10.2 Å². The van der Waals surface area contributed by atoms with Crippen LogP contribution < -0.4 is 0 Å². The van der Waals surface area contributed by atoms with Crippen LogP contribution in [-0.2, 0) is 11.2 Å². The summed E-state index contributed by atoms with van der Waals surface area (Å²) in [5.74, 6) is 0.177. The van der Waals surface area contributed by atoms with E-state index >= 15 is 0 Å². The Morgan fingerprint density at radius 1 is 1.37 bits per heavy atom. The van der Waals surface area contributed by atoms with Crippen LogP contribution in [0.2, 0.25) is 0 Å². The number of carboxylic acid groups (broad SMARTS) is 1. The van der Waals surface area contributed by atoms with E-state index in [0.29, 0.717) is 5.92 Å². The summed E-state index contributed by atoms with van der Waals surface area (Å²) in [6.07, 6.45) is 3.25. The van der Waals surface area contributed by atoms with Crippen molar-refractivity contribution < 1.29 is 15.0 Å². The van der Waals surface area contributed by atoms with Gasteiger partial charge in [-0.2, -0.15) is 0 Å². The van der Waals surface area contributed by atoms with E-state index < -0.39 is 5.97 Å². The van der Waals surface area contributed by atoms with Gasteiger partial charge in [-0.25, -0.2) is 0 Å². The number of aromatic hydroxyl groups is 1. The van der Waals surface area contributed by atoms with E-state index in [9.17, 15) is 9.90 Å². The summed E-state index contributed by atoms with van der Waals surface area (Å²) in [7, 11) is 0. The van der Waals surface area contributed by atoms with Crippen molar-refractivity contribution in [3.63, 3.8) is 0 Å². The van der Waals surface area contributed by atoms with E-state index in [1.165, 1.54) is 12.8 Å². The monoisotopic (exact) mass is 263 g/mol. The van der Waals surface area contributed by atoms with Crippen molar-refractivity contribution >= 4 is 5.97 Å². The molecule has 104 valence electrons. The lowest BCUT2D eigenvalue weighted by Gasteiger charge is -2.27. The van der Waals surface area contributed by atoms with E-state index in [1.54, 1.807) is 12.1 Å². The predicted octanol–water partition coefficient (Wildman–Crippen LogP) is 2.12.